The number of rotatable bonds is 3. The number of pyridine rings is 1. The van der Waals surface area contributed by atoms with E-state index in [1.165, 1.54) is 0 Å². The molecule has 1 aromatic carbocycles. The van der Waals surface area contributed by atoms with Crippen molar-refractivity contribution in [2.24, 2.45) is 5.73 Å². The number of aliphatic hydroxyl groups is 1. The van der Waals surface area contributed by atoms with Gasteiger partial charge in [-0.05, 0) is 37.6 Å². The van der Waals surface area contributed by atoms with Crippen LogP contribution in [0.4, 0.5) is 0 Å². The molecular weight excluding hydrogens is 240 g/mol. The third-order valence-corrected chi connectivity index (χ3v) is 2.87. The zero-order valence-corrected chi connectivity index (χ0v) is 10.9. The summed E-state index contributed by atoms with van der Waals surface area (Å²) in [7, 11) is 0. The molecule has 1 amide bonds. The molecule has 3 N–H and O–H groups in total. The molecule has 0 atom stereocenters. The van der Waals surface area contributed by atoms with Crippen LogP contribution < -0.4 is 5.73 Å². The highest BCUT2D eigenvalue weighted by molar-refractivity contribution is 5.94. The molecular formula is C15H16N2O2. The first kappa shape index (κ1) is 13.2. The van der Waals surface area contributed by atoms with Crippen molar-refractivity contribution in [2.75, 3.05) is 0 Å². The van der Waals surface area contributed by atoms with Crippen molar-refractivity contribution in [2.45, 2.75) is 19.4 Å². The van der Waals surface area contributed by atoms with Crippen molar-refractivity contribution in [1.29, 1.82) is 0 Å². The molecule has 19 heavy (non-hydrogen) atoms. The lowest BCUT2D eigenvalue weighted by atomic mass is 10.0. The Kier molecular flexibility index (Phi) is 3.36. The first-order valence-corrected chi connectivity index (χ1v) is 5.97. The zero-order chi connectivity index (χ0) is 14.0. The van der Waals surface area contributed by atoms with Crippen LogP contribution in [0.5, 0.6) is 0 Å². The van der Waals surface area contributed by atoms with Gasteiger partial charge in [0.15, 0.2) is 0 Å². The molecule has 4 heteroatoms. The van der Waals surface area contributed by atoms with Crippen molar-refractivity contribution < 1.29 is 9.90 Å². The second-order valence-corrected chi connectivity index (χ2v) is 4.94. The summed E-state index contributed by atoms with van der Waals surface area (Å²) in [6, 6.07) is 10.7. The predicted molar refractivity (Wildman–Crippen MR) is 73.4 cm³/mol. The molecule has 4 nitrogen and oxygen atoms in total. The van der Waals surface area contributed by atoms with E-state index < -0.39 is 11.5 Å². The number of carbonyl (C=O) groups is 1. The van der Waals surface area contributed by atoms with E-state index in [2.05, 4.69) is 4.98 Å². The van der Waals surface area contributed by atoms with Gasteiger partial charge in [-0.15, -0.1) is 0 Å². The maximum Gasteiger partial charge on any atom is 0.248 e. The molecule has 0 saturated heterocycles. The first-order valence-electron chi connectivity index (χ1n) is 5.97. The molecule has 1 heterocycles. The third kappa shape index (κ3) is 2.98. The minimum atomic E-state index is -0.965. The number of amides is 1. The lowest BCUT2D eigenvalue weighted by molar-refractivity contribution is 0.0739. The van der Waals surface area contributed by atoms with Crippen molar-refractivity contribution >= 4 is 5.91 Å². The Labute approximate surface area is 111 Å². The number of carbonyl (C=O) groups excluding carboxylic acids is 1. The fraction of sp³-hybridized carbons (Fsp3) is 0.200. The van der Waals surface area contributed by atoms with E-state index in [-0.39, 0.29) is 0 Å². The van der Waals surface area contributed by atoms with E-state index in [0.29, 0.717) is 11.3 Å². The zero-order valence-electron chi connectivity index (χ0n) is 10.9. The Bertz CT molecular complexity index is 598. The van der Waals surface area contributed by atoms with E-state index in [1.54, 1.807) is 44.3 Å². The van der Waals surface area contributed by atoms with Crippen molar-refractivity contribution in [3.8, 4) is 11.1 Å². The lowest BCUT2D eigenvalue weighted by Gasteiger charge is -2.16. The fourth-order valence-corrected chi connectivity index (χ4v) is 1.78. The molecule has 0 aliphatic carbocycles. The summed E-state index contributed by atoms with van der Waals surface area (Å²) in [5, 5.41) is 9.84. The highest BCUT2D eigenvalue weighted by Gasteiger charge is 2.17. The minimum Gasteiger partial charge on any atom is -0.384 e. The smallest absolute Gasteiger partial charge is 0.248 e. The van der Waals surface area contributed by atoms with Gasteiger partial charge in [0.25, 0.3) is 0 Å². The van der Waals surface area contributed by atoms with Gasteiger partial charge in [0.2, 0.25) is 5.91 Å². The normalized spacial score (nSPS) is 11.3. The average molecular weight is 256 g/mol. The van der Waals surface area contributed by atoms with Crippen molar-refractivity contribution in [3.63, 3.8) is 0 Å². The predicted octanol–water partition coefficient (Wildman–Crippen LogP) is 2.07. The van der Waals surface area contributed by atoms with Crippen molar-refractivity contribution in [1.82, 2.24) is 4.98 Å². The SMILES string of the molecule is CC(C)(O)c1ccc(-c2cccc(C(N)=O)c2)cn1. The molecule has 0 bridgehead atoms. The number of hydrogen-bond donors (Lipinski definition) is 2. The molecule has 0 unspecified atom stereocenters. The number of nitrogens with zero attached hydrogens (tertiary/aromatic N) is 1. The average Bonchev–Trinajstić information content (AvgIpc) is 2.38. The molecule has 0 fully saturated rings. The van der Waals surface area contributed by atoms with E-state index >= 15 is 0 Å². The van der Waals surface area contributed by atoms with Gasteiger partial charge in [-0.3, -0.25) is 9.78 Å². The topological polar surface area (TPSA) is 76.2 Å². The first-order chi connectivity index (χ1) is 8.88. The summed E-state index contributed by atoms with van der Waals surface area (Å²) in [4.78, 5) is 15.4. The van der Waals surface area contributed by atoms with Crippen LogP contribution in [0.25, 0.3) is 11.1 Å². The highest BCUT2D eigenvalue weighted by atomic mass is 16.3. The quantitative estimate of drug-likeness (QED) is 0.882. The second kappa shape index (κ2) is 4.82. The Balaban J connectivity index is 2.37. The van der Waals surface area contributed by atoms with Crippen LogP contribution in [0.15, 0.2) is 42.6 Å². The molecule has 0 aliphatic rings. The van der Waals surface area contributed by atoms with E-state index in [1.807, 2.05) is 12.1 Å². The maximum absolute atomic E-state index is 11.1. The van der Waals surface area contributed by atoms with Gasteiger partial charge in [0, 0.05) is 17.3 Å². The van der Waals surface area contributed by atoms with Crippen LogP contribution in [-0.4, -0.2) is 16.0 Å². The minimum absolute atomic E-state index is 0.456. The van der Waals surface area contributed by atoms with Gasteiger partial charge in [-0.1, -0.05) is 18.2 Å². The molecule has 2 aromatic rings. The van der Waals surface area contributed by atoms with Crippen LogP contribution in [0.1, 0.15) is 29.9 Å². The van der Waals surface area contributed by atoms with Crippen molar-refractivity contribution in [3.05, 3.63) is 53.9 Å². The summed E-state index contributed by atoms with van der Waals surface area (Å²) in [6.07, 6.45) is 1.67. The monoisotopic (exact) mass is 256 g/mol. The molecule has 0 aliphatic heterocycles. The Hall–Kier alpha value is -2.20. The summed E-state index contributed by atoms with van der Waals surface area (Å²) in [5.74, 6) is -0.456. The molecule has 98 valence electrons. The summed E-state index contributed by atoms with van der Waals surface area (Å²) >= 11 is 0. The van der Waals surface area contributed by atoms with Gasteiger partial charge in [-0.2, -0.15) is 0 Å². The standard InChI is InChI=1S/C15H16N2O2/c1-15(2,19)13-7-6-12(9-17-13)10-4-3-5-11(8-10)14(16)18/h3-9,19H,1-2H3,(H2,16,18). The van der Waals surface area contributed by atoms with Gasteiger partial charge in [0.1, 0.15) is 5.60 Å². The number of primary amides is 1. The van der Waals surface area contributed by atoms with E-state index in [0.717, 1.165) is 11.1 Å². The van der Waals surface area contributed by atoms with Gasteiger partial charge in [-0.25, -0.2) is 0 Å². The fourth-order valence-electron chi connectivity index (χ4n) is 1.78. The molecule has 2 rings (SSSR count). The number of nitrogens with two attached hydrogens (primary N) is 1. The maximum atomic E-state index is 11.1. The third-order valence-electron chi connectivity index (χ3n) is 2.87. The molecule has 0 radical (unpaired) electrons. The van der Waals surface area contributed by atoms with Crippen LogP contribution in [0.2, 0.25) is 0 Å². The number of benzene rings is 1. The Morgan fingerprint density at radius 3 is 2.47 bits per heavy atom. The van der Waals surface area contributed by atoms with Crippen LogP contribution in [0, 0.1) is 0 Å². The Morgan fingerprint density at radius 2 is 1.95 bits per heavy atom. The Morgan fingerprint density at radius 1 is 1.21 bits per heavy atom. The van der Waals surface area contributed by atoms with E-state index in [9.17, 15) is 9.90 Å². The van der Waals surface area contributed by atoms with Crippen LogP contribution >= 0.6 is 0 Å². The summed E-state index contributed by atoms with van der Waals surface area (Å²) < 4.78 is 0. The van der Waals surface area contributed by atoms with Crippen LogP contribution in [0.3, 0.4) is 0 Å². The van der Waals surface area contributed by atoms with E-state index in [4.69, 9.17) is 5.73 Å². The lowest BCUT2D eigenvalue weighted by Crippen LogP contribution is -2.17. The second-order valence-electron chi connectivity index (χ2n) is 4.94. The largest absolute Gasteiger partial charge is 0.384 e. The molecule has 0 saturated carbocycles. The molecule has 0 spiro atoms. The van der Waals surface area contributed by atoms with Gasteiger partial charge >= 0.3 is 0 Å². The number of aromatic nitrogens is 1. The van der Waals surface area contributed by atoms with Crippen LogP contribution in [-0.2, 0) is 5.60 Å². The summed E-state index contributed by atoms with van der Waals surface area (Å²) in [6.45, 7) is 3.37. The van der Waals surface area contributed by atoms with Gasteiger partial charge in [0.05, 0.1) is 5.69 Å². The summed E-state index contributed by atoms with van der Waals surface area (Å²) in [5.41, 5.74) is 7.09. The van der Waals surface area contributed by atoms with Gasteiger partial charge < -0.3 is 10.8 Å². The highest BCUT2D eigenvalue weighted by Crippen LogP contribution is 2.23. The molecule has 1 aromatic heterocycles. The number of hydrogen-bond acceptors (Lipinski definition) is 3.